The van der Waals surface area contributed by atoms with Crippen LogP contribution in [0, 0.1) is 0 Å². The maximum atomic E-state index is 2.18. The minimum Gasteiger partial charge on any atom is -0.0919 e. The molecule has 0 amide bonds. The van der Waals surface area contributed by atoms with E-state index < -0.39 is 0 Å². The lowest BCUT2D eigenvalue weighted by Crippen LogP contribution is -1.47. The van der Waals surface area contributed by atoms with Crippen LogP contribution < -0.4 is 0 Å². The van der Waals surface area contributed by atoms with Crippen LogP contribution in [0.15, 0.2) is 12.2 Å². The fourth-order valence-corrected chi connectivity index (χ4v) is 0. The first-order valence-electron chi connectivity index (χ1n) is 3.40. The molecule has 0 atom stereocenters. The topological polar surface area (TPSA) is 0 Å². The van der Waals surface area contributed by atoms with Gasteiger partial charge in [-0.1, -0.05) is 46.3 Å². The zero-order valence-electron chi connectivity index (χ0n) is 6.57. The van der Waals surface area contributed by atoms with Crippen LogP contribution in [0.25, 0.3) is 0 Å². The van der Waals surface area contributed by atoms with Gasteiger partial charge in [0, 0.05) is 1.43 Å². The van der Waals surface area contributed by atoms with Crippen LogP contribution in [0.5, 0.6) is 0 Å². The van der Waals surface area contributed by atoms with E-state index in [0.717, 1.165) is 0 Å². The van der Waals surface area contributed by atoms with Crippen LogP contribution >= 0.6 is 0 Å². The first kappa shape index (κ1) is 15.9. The molecule has 9 heavy (non-hydrogen) atoms. The van der Waals surface area contributed by atoms with Gasteiger partial charge in [0.25, 0.3) is 0 Å². The number of hydrogen-bond donors (Lipinski definition) is 0. The molecule has 0 rings (SSSR count). The number of unbranched alkanes of at least 4 members (excludes halogenated alkanes) is 1. The van der Waals surface area contributed by atoms with E-state index in [1.54, 1.807) is 0 Å². The average Bonchev–Trinajstić information content (AvgIpc) is 1.88. The van der Waals surface area contributed by atoms with Crippen LogP contribution in [0.1, 0.15) is 49.4 Å². The molecule has 0 fully saturated rings. The predicted molar refractivity (Wildman–Crippen MR) is 49.9 cm³/mol. The van der Waals surface area contributed by atoms with Gasteiger partial charge in [0.05, 0.1) is 0 Å². The van der Waals surface area contributed by atoms with E-state index in [2.05, 4.69) is 13.8 Å². The molecule has 0 saturated heterocycles. The van der Waals surface area contributed by atoms with E-state index in [1.807, 2.05) is 26.0 Å². The van der Waals surface area contributed by atoms with Crippen molar-refractivity contribution in [1.82, 2.24) is 0 Å². The number of rotatable bonds is 1. The zero-order valence-corrected chi connectivity index (χ0v) is 6.57. The third-order valence-corrected chi connectivity index (χ3v) is 0.833. The Kier molecular flexibility index (Phi) is 44.4. The van der Waals surface area contributed by atoms with Gasteiger partial charge in [0.2, 0.25) is 0 Å². The molecular formula is C9H24. The maximum absolute atomic E-state index is 2.18. The molecule has 0 aromatic carbocycles. The highest BCUT2D eigenvalue weighted by Crippen LogP contribution is 1.76. The van der Waals surface area contributed by atoms with Crippen molar-refractivity contribution < 1.29 is 1.43 Å². The summed E-state index contributed by atoms with van der Waals surface area (Å²) < 4.78 is 0. The summed E-state index contributed by atoms with van der Waals surface area (Å²) in [5, 5.41) is 0. The fraction of sp³-hybridized carbons (Fsp3) is 0.778. The molecule has 0 unspecified atom stereocenters. The molecule has 0 aliphatic rings. The lowest BCUT2D eigenvalue weighted by Gasteiger charge is -1.68. The third kappa shape index (κ3) is 84.2. The Labute approximate surface area is 62.5 Å². The van der Waals surface area contributed by atoms with Crippen molar-refractivity contribution in [3.63, 3.8) is 0 Å². The van der Waals surface area contributed by atoms with Gasteiger partial charge in [-0.3, -0.25) is 0 Å². The van der Waals surface area contributed by atoms with Gasteiger partial charge in [0.15, 0.2) is 0 Å². The quantitative estimate of drug-likeness (QED) is 0.467. The summed E-state index contributed by atoms with van der Waals surface area (Å²) in [6.45, 7) is 8.36. The average molecular weight is 132 g/mol. The van der Waals surface area contributed by atoms with Gasteiger partial charge in [-0.2, -0.15) is 0 Å². The largest absolute Gasteiger partial charge is 0.0919 e. The van der Waals surface area contributed by atoms with Crippen molar-refractivity contribution in [2.45, 2.75) is 48.0 Å². The molecule has 0 saturated carbocycles. The highest BCUT2D eigenvalue weighted by molar-refractivity contribution is 4.68. The third-order valence-electron chi connectivity index (χ3n) is 0.833. The van der Waals surface area contributed by atoms with E-state index in [9.17, 15) is 0 Å². The van der Waals surface area contributed by atoms with Gasteiger partial charge in [-0.25, -0.2) is 0 Å². The van der Waals surface area contributed by atoms with E-state index in [4.69, 9.17) is 0 Å². The van der Waals surface area contributed by atoms with Crippen molar-refractivity contribution in [1.29, 1.82) is 0 Å². The van der Waals surface area contributed by atoms with Crippen LogP contribution in [-0.4, -0.2) is 0 Å². The van der Waals surface area contributed by atoms with Gasteiger partial charge in [0.1, 0.15) is 0 Å². The summed E-state index contributed by atoms with van der Waals surface area (Å²) in [7, 11) is 0. The molecular weight excluding hydrogens is 108 g/mol. The highest BCUT2D eigenvalue weighted by atomic mass is 13.6. The van der Waals surface area contributed by atoms with Gasteiger partial charge < -0.3 is 0 Å². The van der Waals surface area contributed by atoms with E-state index in [0.29, 0.717) is 0 Å². The van der Waals surface area contributed by atoms with Crippen molar-refractivity contribution >= 4 is 0 Å². The Morgan fingerprint density at radius 2 is 1.22 bits per heavy atom. The molecule has 0 aliphatic carbocycles. The minimum atomic E-state index is 0. The molecule has 0 heterocycles. The van der Waals surface area contributed by atoms with Crippen molar-refractivity contribution in [3.05, 3.63) is 12.2 Å². The molecule has 0 nitrogen and oxygen atoms in total. The molecule has 0 spiro atoms. The maximum Gasteiger partial charge on any atom is 0 e. The van der Waals surface area contributed by atoms with E-state index in [-0.39, 0.29) is 8.85 Å². The van der Waals surface area contributed by atoms with Crippen LogP contribution in [0.2, 0.25) is 0 Å². The summed E-state index contributed by atoms with van der Waals surface area (Å²) in [6.07, 6.45) is 6.64. The summed E-state index contributed by atoms with van der Waals surface area (Å²) in [5.74, 6) is 0. The predicted octanol–water partition coefficient (Wildman–Crippen LogP) is 4.27. The fourth-order valence-electron chi connectivity index (χ4n) is 0. The van der Waals surface area contributed by atoms with E-state index in [1.165, 1.54) is 12.8 Å². The molecule has 0 N–H and O–H groups in total. The molecule has 0 aliphatic heterocycles. The van der Waals surface area contributed by atoms with Crippen LogP contribution in [0.4, 0.5) is 0 Å². The molecule has 0 bridgehead atoms. The van der Waals surface area contributed by atoms with Crippen molar-refractivity contribution in [2.75, 3.05) is 0 Å². The second kappa shape index (κ2) is 25.1. The first-order valence-corrected chi connectivity index (χ1v) is 3.40. The second-order valence-electron chi connectivity index (χ2n) is 1.67. The Bertz CT molecular complexity index is 34.0. The summed E-state index contributed by atoms with van der Waals surface area (Å²) in [4.78, 5) is 0. The SMILES string of the molecule is C.CC=CC.CCCC.[HH]. The Balaban J connectivity index is -0.0000000300. The molecule has 0 aromatic heterocycles. The Morgan fingerprint density at radius 3 is 1.22 bits per heavy atom. The number of hydrogen-bond acceptors (Lipinski definition) is 0. The zero-order chi connectivity index (χ0) is 6.83. The Morgan fingerprint density at radius 1 is 1.00 bits per heavy atom. The van der Waals surface area contributed by atoms with Gasteiger partial charge >= 0.3 is 0 Å². The highest BCUT2D eigenvalue weighted by Gasteiger charge is 1.56. The molecule has 0 heteroatoms. The summed E-state index contributed by atoms with van der Waals surface area (Å²) in [5.41, 5.74) is 0. The van der Waals surface area contributed by atoms with Crippen molar-refractivity contribution in [3.8, 4) is 0 Å². The summed E-state index contributed by atoms with van der Waals surface area (Å²) in [6, 6.07) is 0. The normalized spacial score (nSPS) is 7.56. The first-order chi connectivity index (χ1) is 3.83. The second-order valence-corrected chi connectivity index (χ2v) is 1.67. The molecule has 60 valence electrons. The smallest absolute Gasteiger partial charge is 0 e. The van der Waals surface area contributed by atoms with Gasteiger partial charge in [-0.05, 0) is 13.8 Å². The number of allylic oxidation sites excluding steroid dienone is 2. The van der Waals surface area contributed by atoms with Crippen molar-refractivity contribution in [2.24, 2.45) is 0 Å². The monoisotopic (exact) mass is 132 g/mol. The Hall–Kier alpha value is -0.260. The molecule has 0 aromatic rings. The van der Waals surface area contributed by atoms with Crippen LogP contribution in [0.3, 0.4) is 0 Å². The molecule has 0 radical (unpaired) electrons. The van der Waals surface area contributed by atoms with E-state index >= 15 is 0 Å². The standard InChI is InChI=1S/C4H10.C4H8.CH4.H2/c2*1-3-4-2;;/h3-4H2,1-2H3;3-4H,1-2H3;1H4;1H. The van der Waals surface area contributed by atoms with Crippen LogP contribution in [-0.2, 0) is 0 Å². The lowest BCUT2D eigenvalue weighted by molar-refractivity contribution is 0.886. The summed E-state index contributed by atoms with van der Waals surface area (Å²) >= 11 is 0. The minimum absolute atomic E-state index is 0. The van der Waals surface area contributed by atoms with Gasteiger partial charge in [-0.15, -0.1) is 0 Å². The lowest BCUT2D eigenvalue weighted by atomic mass is 10.4.